The Kier molecular flexibility index (Phi) is 5.42. The lowest BCUT2D eigenvalue weighted by Crippen LogP contribution is -1.98. The molecule has 0 aliphatic carbocycles. The van der Waals surface area contributed by atoms with E-state index in [9.17, 15) is 0 Å². The Morgan fingerprint density at radius 1 is 0.826 bits per heavy atom. The van der Waals surface area contributed by atoms with Crippen molar-refractivity contribution in [1.29, 1.82) is 0 Å². The molecule has 0 aromatic heterocycles. The quantitative estimate of drug-likeness (QED) is 0.393. The third kappa shape index (κ3) is 4.42. The van der Waals surface area contributed by atoms with Gasteiger partial charge in [-0.3, -0.25) is 4.99 Å². The largest absolute Gasteiger partial charge is 0.488 e. The molecule has 0 atom stereocenters. The first-order valence-electron chi connectivity index (χ1n) is 7.37. The molecular weight excluding hydrogens is 397 g/mol. The molecule has 0 fully saturated rings. The van der Waals surface area contributed by atoms with Gasteiger partial charge < -0.3 is 4.74 Å². The van der Waals surface area contributed by atoms with E-state index in [0.29, 0.717) is 6.61 Å². The zero-order chi connectivity index (χ0) is 15.9. The number of nitrogens with zero attached hydrogens (tertiary/aromatic N) is 1. The van der Waals surface area contributed by atoms with Crippen molar-refractivity contribution >= 4 is 34.5 Å². The normalized spacial score (nSPS) is 10.8. The summed E-state index contributed by atoms with van der Waals surface area (Å²) in [7, 11) is 0. The fourth-order valence-electron chi connectivity index (χ4n) is 2.15. The molecule has 0 spiro atoms. The van der Waals surface area contributed by atoms with E-state index >= 15 is 0 Å². The van der Waals surface area contributed by atoms with Gasteiger partial charge in [0.1, 0.15) is 12.4 Å². The van der Waals surface area contributed by atoms with E-state index in [1.54, 1.807) is 0 Å². The summed E-state index contributed by atoms with van der Waals surface area (Å²) in [4.78, 5) is 4.58. The number of aliphatic imine (C=N–C) groups is 1. The summed E-state index contributed by atoms with van der Waals surface area (Å²) in [5, 5.41) is 0. The predicted molar refractivity (Wildman–Crippen MR) is 104 cm³/mol. The van der Waals surface area contributed by atoms with Crippen LogP contribution >= 0.6 is 22.6 Å². The van der Waals surface area contributed by atoms with E-state index in [-0.39, 0.29) is 0 Å². The van der Waals surface area contributed by atoms with Gasteiger partial charge in [-0.15, -0.1) is 0 Å². The minimum atomic E-state index is 0.550. The van der Waals surface area contributed by atoms with Crippen LogP contribution in [-0.4, -0.2) is 6.21 Å². The van der Waals surface area contributed by atoms with Crippen LogP contribution < -0.4 is 4.74 Å². The number of hydrogen-bond donors (Lipinski definition) is 0. The van der Waals surface area contributed by atoms with Gasteiger partial charge in [-0.1, -0.05) is 54.6 Å². The fourth-order valence-corrected chi connectivity index (χ4v) is 2.68. The first-order chi connectivity index (χ1) is 11.3. The molecule has 3 aromatic carbocycles. The van der Waals surface area contributed by atoms with Crippen LogP contribution in [0.4, 0.5) is 5.69 Å². The first-order valence-corrected chi connectivity index (χ1v) is 8.45. The Labute approximate surface area is 150 Å². The lowest BCUT2D eigenvalue weighted by Gasteiger charge is -2.09. The third-order valence-electron chi connectivity index (χ3n) is 3.35. The summed E-state index contributed by atoms with van der Waals surface area (Å²) in [5.74, 6) is 0.839. The zero-order valence-corrected chi connectivity index (χ0v) is 14.7. The Morgan fingerprint density at radius 3 is 2.35 bits per heavy atom. The highest BCUT2D eigenvalue weighted by Gasteiger charge is 2.02. The smallest absolute Gasteiger partial charge is 0.128 e. The van der Waals surface area contributed by atoms with Crippen LogP contribution in [0.25, 0.3) is 0 Å². The van der Waals surface area contributed by atoms with Crippen LogP contribution in [-0.2, 0) is 6.61 Å². The number of para-hydroxylation sites is 2. The number of halogens is 1. The van der Waals surface area contributed by atoms with Gasteiger partial charge in [-0.25, -0.2) is 0 Å². The van der Waals surface area contributed by atoms with Gasteiger partial charge in [0.15, 0.2) is 0 Å². The molecule has 114 valence electrons. The highest BCUT2D eigenvalue weighted by atomic mass is 127. The molecule has 0 heterocycles. The summed E-state index contributed by atoms with van der Waals surface area (Å²) in [6.45, 7) is 0.550. The van der Waals surface area contributed by atoms with Crippen molar-refractivity contribution < 1.29 is 4.74 Å². The van der Waals surface area contributed by atoms with E-state index in [2.05, 4.69) is 39.7 Å². The molecule has 0 amide bonds. The Bertz CT molecular complexity index is 800. The highest BCUT2D eigenvalue weighted by molar-refractivity contribution is 14.1. The van der Waals surface area contributed by atoms with Crippen LogP contribution in [0, 0.1) is 3.57 Å². The second kappa shape index (κ2) is 7.92. The average molecular weight is 413 g/mol. The standard InChI is InChI=1S/C20H16INO/c21-18-11-5-6-12-19(18)22-14-17-10-4-7-13-20(17)23-15-16-8-2-1-3-9-16/h1-14H,15H2. The molecule has 0 unspecified atom stereocenters. The molecule has 0 aliphatic rings. The first kappa shape index (κ1) is 15.7. The minimum absolute atomic E-state index is 0.550. The van der Waals surface area contributed by atoms with Crippen molar-refractivity contribution in [1.82, 2.24) is 0 Å². The molecule has 23 heavy (non-hydrogen) atoms. The van der Waals surface area contributed by atoms with Gasteiger partial charge in [0.2, 0.25) is 0 Å². The Morgan fingerprint density at radius 2 is 1.52 bits per heavy atom. The van der Waals surface area contributed by atoms with E-state index in [1.165, 1.54) is 0 Å². The summed E-state index contributed by atoms with van der Waals surface area (Å²) in [6, 6.07) is 26.2. The van der Waals surface area contributed by atoms with E-state index in [4.69, 9.17) is 4.74 Å². The number of ether oxygens (including phenoxy) is 1. The summed E-state index contributed by atoms with van der Waals surface area (Å²) in [6.07, 6.45) is 1.86. The summed E-state index contributed by atoms with van der Waals surface area (Å²) in [5.41, 5.74) is 3.09. The fraction of sp³-hybridized carbons (Fsp3) is 0.0500. The number of hydrogen-bond acceptors (Lipinski definition) is 2. The zero-order valence-electron chi connectivity index (χ0n) is 12.5. The SMILES string of the molecule is Ic1ccccc1N=Cc1ccccc1OCc1ccccc1. The molecule has 3 aromatic rings. The molecule has 3 heteroatoms. The molecule has 0 N–H and O–H groups in total. The second-order valence-electron chi connectivity index (χ2n) is 5.02. The Balaban J connectivity index is 1.77. The number of rotatable bonds is 5. The van der Waals surface area contributed by atoms with E-state index < -0.39 is 0 Å². The van der Waals surface area contributed by atoms with Crippen LogP contribution in [0.2, 0.25) is 0 Å². The molecule has 0 radical (unpaired) electrons. The van der Waals surface area contributed by atoms with Crippen molar-refractivity contribution in [2.45, 2.75) is 6.61 Å². The van der Waals surface area contributed by atoms with E-state index in [0.717, 1.165) is 26.1 Å². The molecule has 0 bridgehead atoms. The Hall–Kier alpha value is -2.14. The number of benzene rings is 3. The van der Waals surface area contributed by atoms with Gasteiger partial charge in [-0.2, -0.15) is 0 Å². The lowest BCUT2D eigenvalue weighted by molar-refractivity contribution is 0.306. The van der Waals surface area contributed by atoms with E-state index in [1.807, 2.05) is 72.9 Å². The lowest BCUT2D eigenvalue weighted by atomic mass is 10.2. The second-order valence-corrected chi connectivity index (χ2v) is 6.18. The highest BCUT2D eigenvalue weighted by Crippen LogP contribution is 2.22. The molecule has 0 saturated carbocycles. The van der Waals surface area contributed by atoms with Gasteiger partial charge in [0.05, 0.1) is 5.69 Å². The van der Waals surface area contributed by atoms with Crippen LogP contribution in [0.5, 0.6) is 5.75 Å². The van der Waals surface area contributed by atoms with Crippen LogP contribution in [0.3, 0.4) is 0 Å². The van der Waals surface area contributed by atoms with Crippen molar-refractivity contribution in [2.75, 3.05) is 0 Å². The maximum Gasteiger partial charge on any atom is 0.128 e. The van der Waals surface area contributed by atoms with Gasteiger partial charge in [-0.05, 0) is 52.4 Å². The van der Waals surface area contributed by atoms with Crippen molar-refractivity contribution in [2.24, 2.45) is 4.99 Å². The molecule has 3 rings (SSSR count). The summed E-state index contributed by atoms with van der Waals surface area (Å²) < 4.78 is 7.08. The monoisotopic (exact) mass is 413 g/mol. The van der Waals surface area contributed by atoms with Crippen LogP contribution in [0.15, 0.2) is 83.9 Å². The average Bonchev–Trinajstić information content (AvgIpc) is 2.61. The van der Waals surface area contributed by atoms with Crippen molar-refractivity contribution in [3.05, 3.63) is 93.6 Å². The summed E-state index contributed by atoms with van der Waals surface area (Å²) >= 11 is 2.29. The maximum atomic E-state index is 5.95. The maximum absolute atomic E-state index is 5.95. The molecular formula is C20H16INO. The van der Waals surface area contributed by atoms with Crippen LogP contribution in [0.1, 0.15) is 11.1 Å². The predicted octanol–water partition coefficient (Wildman–Crippen LogP) is 5.62. The molecule has 0 saturated heterocycles. The topological polar surface area (TPSA) is 21.6 Å². The van der Waals surface area contributed by atoms with Crippen molar-refractivity contribution in [3.8, 4) is 5.75 Å². The molecule has 2 nitrogen and oxygen atoms in total. The minimum Gasteiger partial charge on any atom is -0.488 e. The van der Waals surface area contributed by atoms with Gasteiger partial charge >= 0.3 is 0 Å². The van der Waals surface area contributed by atoms with Crippen molar-refractivity contribution in [3.63, 3.8) is 0 Å². The van der Waals surface area contributed by atoms with Gasteiger partial charge in [0, 0.05) is 15.3 Å². The third-order valence-corrected chi connectivity index (χ3v) is 4.26. The van der Waals surface area contributed by atoms with Gasteiger partial charge in [0.25, 0.3) is 0 Å². The molecule has 0 aliphatic heterocycles.